The van der Waals surface area contributed by atoms with Crippen molar-refractivity contribution in [2.75, 3.05) is 32.1 Å². The average Bonchev–Trinajstić information content (AvgIpc) is 3.22. The third-order valence-corrected chi connectivity index (χ3v) is 7.45. The molecular formula is C25H24ClF6N7O4S. The minimum absolute atomic E-state index is 0.532. The van der Waals surface area contributed by atoms with E-state index in [2.05, 4.69) is 45.8 Å². The molecule has 1 fully saturated rings. The van der Waals surface area contributed by atoms with Gasteiger partial charge in [0.2, 0.25) is 0 Å². The molecule has 0 atom stereocenters. The third-order valence-electron chi connectivity index (χ3n) is 6.17. The molecule has 3 aromatic heterocycles. The Balaban J connectivity index is 0.000000317. The topological polar surface area (TPSA) is 146 Å². The third kappa shape index (κ3) is 8.66. The van der Waals surface area contributed by atoms with Crippen LogP contribution in [0.3, 0.4) is 0 Å². The lowest BCUT2D eigenvalue weighted by Gasteiger charge is -2.44. The van der Waals surface area contributed by atoms with E-state index in [1.54, 1.807) is 18.6 Å². The van der Waals surface area contributed by atoms with Gasteiger partial charge in [-0.3, -0.25) is 4.98 Å². The molecule has 11 nitrogen and oxygen atoms in total. The van der Waals surface area contributed by atoms with Crippen molar-refractivity contribution in [3.05, 3.63) is 41.5 Å². The van der Waals surface area contributed by atoms with Crippen LogP contribution in [0, 0.1) is 0 Å². The fraction of sp³-hybridized carbons (Fsp3) is 0.400. The van der Waals surface area contributed by atoms with Crippen molar-refractivity contribution in [1.29, 1.82) is 0 Å². The van der Waals surface area contributed by atoms with E-state index in [-0.39, 0.29) is 0 Å². The molecule has 0 amide bonds. The lowest BCUT2D eigenvalue weighted by atomic mass is 10.1. The number of carboxylic acids is 2. The van der Waals surface area contributed by atoms with Gasteiger partial charge in [0, 0.05) is 49.0 Å². The molecule has 2 aliphatic rings. The molecule has 1 aliphatic carbocycles. The Hall–Kier alpha value is -3.77. The van der Waals surface area contributed by atoms with Crippen LogP contribution in [-0.2, 0) is 16.0 Å². The summed E-state index contributed by atoms with van der Waals surface area (Å²) in [6, 6.07) is 2.51. The number of aromatic nitrogens is 5. The van der Waals surface area contributed by atoms with Crippen molar-refractivity contribution < 1.29 is 46.1 Å². The number of fused-ring (bicyclic) bond motifs is 2. The van der Waals surface area contributed by atoms with Crippen LogP contribution in [0.2, 0.25) is 0 Å². The van der Waals surface area contributed by atoms with Crippen molar-refractivity contribution >= 4 is 57.3 Å². The highest BCUT2D eigenvalue weighted by atomic mass is 35.5. The summed E-state index contributed by atoms with van der Waals surface area (Å²) in [6.45, 7) is 4.03. The summed E-state index contributed by atoms with van der Waals surface area (Å²) < 4.78 is 63.5. The van der Waals surface area contributed by atoms with E-state index in [1.165, 1.54) is 17.3 Å². The van der Waals surface area contributed by atoms with Gasteiger partial charge in [-0.25, -0.2) is 29.5 Å². The number of carboxylic acid groups (broad SMARTS) is 2. The summed E-state index contributed by atoms with van der Waals surface area (Å²) in [5, 5.41) is 15.8. The van der Waals surface area contributed by atoms with Crippen molar-refractivity contribution in [2.45, 2.75) is 48.2 Å². The first-order valence-corrected chi connectivity index (χ1v) is 13.7. The lowest BCUT2D eigenvalue weighted by molar-refractivity contribution is -0.193. The van der Waals surface area contributed by atoms with E-state index in [0.717, 1.165) is 58.5 Å². The predicted octanol–water partition coefficient (Wildman–Crippen LogP) is 4.90. The fourth-order valence-corrected chi connectivity index (χ4v) is 4.96. The van der Waals surface area contributed by atoms with Gasteiger partial charge >= 0.3 is 24.3 Å². The molecule has 0 unspecified atom stereocenters. The summed E-state index contributed by atoms with van der Waals surface area (Å²) in [7, 11) is 4.23. The van der Waals surface area contributed by atoms with E-state index in [4.69, 9.17) is 41.4 Å². The quantitative estimate of drug-likeness (QED) is 0.282. The van der Waals surface area contributed by atoms with Crippen molar-refractivity contribution in [3.63, 3.8) is 0 Å². The van der Waals surface area contributed by atoms with E-state index in [0.29, 0.717) is 16.8 Å². The Labute approximate surface area is 255 Å². The minimum atomic E-state index is -5.08. The van der Waals surface area contributed by atoms with Crippen LogP contribution < -0.4 is 4.90 Å². The normalized spacial score (nSPS) is 14.8. The number of rotatable bonds is 5. The highest BCUT2D eigenvalue weighted by Gasteiger charge is 2.39. The van der Waals surface area contributed by atoms with Gasteiger partial charge in [0.05, 0.1) is 16.3 Å². The number of allylic oxidation sites excluding steroid dienone is 1. The van der Waals surface area contributed by atoms with Crippen LogP contribution >= 0.6 is 23.4 Å². The number of hydrogen-bond acceptors (Lipinski definition) is 10. The standard InChI is InChI=1S/C21H22ClN7S.2C2HF3O2/c1-4-12-7-15-17(18(12)22)20(29-10-13(11-29)28(2)3)27-21(26-15)30-14-8-16-19(25-9-14)24-6-5-23-16;2*3-2(4,5)1(6)7/h5-6,8-9,13H,4,7,10-11H2,1-3H3;2*(H,6,7). The number of alkyl halides is 6. The first-order valence-electron chi connectivity index (χ1n) is 12.5. The second kappa shape index (κ2) is 13.9. The first kappa shape index (κ1) is 34.7. The Morgan fingerprint density at radius 2 is 1.59 bits per heavy atom. The zero-order valence-corrected chi connectivity index (χ0v) is 24.7. The fourth-order valence-electron chi connectivity index (χ4n) is 3.79. The molecule has 1 saturated heterocycles. The molecular weight excluding hydrogens is 644 g/mol. The van der Waals surface area contributed by atoms with Gasteiger partial charge in [-0.05, 0) is 43.9 Å². The summed E-state index contributed by atoms with van der Waals surface area (Å²) in [4.78, 5) is 46.1. The van der Waals surface area contributed by atoms with Crippen molar-refractivity contribution in [1.82, 2.24) is 29.8 Å². The number of anilines is 1. The Morgan fingerprint density at radius 1 is 1.02 bits per heavy atom. The molecule has 3 aromatic rings. The van der Waals surface area contributed by atoms with Crippen LogP contribution in [0.5, 0.6) is 0 Å². The number of pyridine rings is 1. The molecule has 4 heterocycles. The molecule has 19 heteroatoms. The molecule has 0 spiro atoms. The zero-order chi connectivity index (χ0) is 33.0. The van der Waals surface area contributed by atoms with Gasteiger partial charge in [0.1, 0.15) is 11.3 Å². The number of likely N-dealkylation sites (N-methyl/N-ethyl adjacent to an activating group) is 1. The monoisotopic (exact) mass is 667 g/mol. The predicted molar refractivity (Wildman–Crippen MR) is 147 cm³/mol. The van der Waals surface area contributed by atoms with E-state index < -0.39 is 24.3 Å². The zero-order valence-electron chi connectivity index (χ0n) is 23.1. The maximum Gasteiger partial charge on any atom is 0.490 e. The molecule has 0 radical (unpaired) electrons. The van der Waals surface area contributed by atoms with E-state index in [9.17, 15) is 26.3 Å². The molecule has 1 aliphatic heterocycles. The molecule has 5 rings (SSSR count). The second-order valence-corrected chi connectivity index (χ2v) is 10.8. The average molecular weight is 668 g/mol. The Morgan fingerprint density at radius 3 is 2.11 bits per heavy atom. The van der Waals surface area contributed by atoms with Gasteiger partial charge < -0.3 is 20.0 Å². The number of aliphatic carboxylic acids is 2. The van der Waals surface area contributed by atoms with Crippen molar-refractivity contribution in [3.8, 4) is 0 Å². The highest BCUT2D eigenvalue weighted by Crippen LogP contribution is 2.43. The second-order valence-electron chi connectivity index (χ2n) is 9.40. The smallest absolute Gasteiger partial charge is 0.475 e. The number of halogens is 7. The minimum Gasteiger partial charge on any atom is -0.475 e. The van der Waals surface area contributed by atoms with Gasteiger partial charge in [-0.15, -0.1) is 0 Å². The summed E-state index contributed by atoms with van der Waals surface area (Å²) >= 11 is 8.25. The van der Waals surface area contributed by atoms with Crippen LogP contribution in [0.1, 0.15) is 24.6 Å². The molecule has 2 N–H and O–H groups in total. The van der Waals surface area contributed by atoms with E-state index >= 15 is 0 Å². The van der Waals surface area contributed by atoms with Crippen molar-refractivity contribution in [2.24, 2.45) is 0 Å². The SMILES string of the molecule is CCC1=C(Cl)c2c(nc(Sc3cnc4nccnc4c3)nc2N2CC(N(C)C)C2)C1.O=C(O)C(F)(F)F.O=C(O)C(F)(F)F. The van der Waals surface area contributed by atoms with Crippen LogP contribution in [-0.4, -0.2) is 97.6 Å². The summed E-state index contributed by atoms with van der Waals surface area (Å²) in [5.74, 6) is -4.57. The van der Waals surface area contributed by atoms with Crippen LogP contribution in [0.25, 0.3) is 16.2 Å². The first-order chi connectivity index (χ1) is 20.4. The van der Waals surface area contributed by atoms with Gasteiger partial charge in [-0.1, -0.05) is 18.5 Å². The number of carbonyl (C=O) groups is 2. The van der Waals surface area contributed by atoms with Gasteiger partial charge in [0.25, 0.3) is 0 Å². The highest BCUT2D eigenvalue weighted by molar-refractivity contribution is 7.99. The van der Waals surface area contributed by atoms with Gasteiger partial charge in [0.15, 0.2) is 10.8 Å². The Kier molecular flexibility index (Phi) is 11.0. The molecule has 44 heavy (non-hydrogen) atoms. The molecule has 0 saturated carbocycles. The summed E-state index contributed by atoms with van der Waals surface area (Å²) in [6.07, 6.45) is -3.33. The van der Waals surface area contributed by atoms with Crippen LogP contribution in [0.15, 0.2) is 40.3 Å². The molecule has 238 valence electrons. The molecule has 0 aromatic carbocycles. The largest absolute Gasteiger partial charge is 0.490 e. The molecule has 0 bridgehead atoms. The summed E-state index contributed by atoms with van der Waals surface area (Å²) in [5.41, 5.74) is 4.66. The van der Waals surface area contributed by atoms with Crippen LogP contribution in [0.4, 0.5) is 32.2 Å². The number of hydrogen-bond donors (Lipinski definition) is 2. The van der Waals surface area contributed by atoms with Gasteiger partial charge in [-0.2, -0.15) is 26.3 Å². The lowest BCUT2D eigenvalue weighted by Crippen LogP contribution is -2.58. The maximum atomic E-state index is 10.6. The Bertz CT molecular complexity index is 1540. The maximum absolute atomic E-state index is 10.6. The number of nitrogens with zero attached hydrogens (tertiary/aromatic N) is 7. The van der Waals surface area contributed by atoms with E-state index in [1.807, 2.05) is 6.07 Å².